The maximum absolute atomic E-state index is 6.35. The van der Waals surface area contributed by atoms with E-state index in [1.54, 1.807) is 0 Å². The molecule has 0 atom stereocenters. The number of benzene rings is 8. The van der Waals surface area contributed by atoms with Crippen LogP contribution in [0, 0.1) is 13.8 Å². The maximum atomic E-state index is 6.35. The van der Waals surface area contributed by atoms with Crippen LogP contribution in [0.1, 0.15) is 11.1 Å². The predicted octanol–water partition coefficient (Wildman–Crippen LogP) is 14.2. The molecule has 0 fully saturated rings. The third-order valence-electron chi connectivity index (χ3n) is 10.1. The topological polar surface area (TPSA) is 29.3 Å². The highest BCUT2D eigenvalue weighted by molar-refractivity contribution is 5.92. The quantitative estimate of drug-likeness (QED) is 0.159. The van der Waals surface area contributed by atoms with Crippen LogP contribution in [0.5, 0.6) is 0 Å². The second kappa shape index (κ2) is 14.2. The summed E-state index contributed by atoms with van der Waals surface area (Å²) in [4.78, 5) is 7.14. The van der Waals surface area contributed by atoms with Gasteiger partial charge in [0.2, 0.25) is 5.89 Å². The van der Waals surface area contributed by atoms with E-state index in [1.807, 2.05) is 0 Å². The zero-order chi connectivity index (χ0) is 36.4. The number of hydrogen-bond donors (Lipinski definition) is 0. The number of fused-ring (bicyclic) bond motifs is 1. The lowest BCUT2D eigenvalue weighted by Gasteiger charge is -2.25. The second-order valence-electron chi connectivity index (χ2n) is 13.7. The van der Waals surface area contributed by atoms with Crippen LogP contribution in [0.25, 0.3) is 67.1 Å². The van der Waals surface area contributed by atoms with Crippen molar-refractivity contribution in [3.63, 3.8) is 0 Å². The number of hydrogen-bond acceptors (Lipinski definition) is 3. The van der Waals surface area contributed by atoms with Crippen LogP contribution in [-0.4, -0.2) is 4.98 Å². The summed E-state index contributed by atoms with van der Waals surface area (Å²) in [6.07, 6.45) is 0. The van der Waals surface area contributed by atoms with Gasteiger partial charge in [0.05, 0.1) is 0 Å². The molecule has 0 amide bonds. The van der Waals surface area contributed by atoms with Gasteiger partial charge in [0.1, 0.15) is 5.52 Å². The first kappa shape index (κ1) is 32.9. The predicted molar refractivity (Wildman–Crippen MR) is 225 cm³/mol. The van der Waals surface area contributed by atoms with Gasteiger partial charge in [-0.2, -0.15) is 0 Å². The first-order chi connectivity index (χ1) is 26.6. The largest absolute Gasteiger partial charge is 0.436 e. The lowest BCUT2D eigenvalue weighted by atomic mass is 9.89. The summed E-state index contributed by atoms with van der Waals surface area (Å²) in [5.74, 6) is 0.620. The number of aromatic nitrogens is 1. The third kappa shape index (κ3) is 6.37. The minimum absolute atomic E-state index is 0.620. The normalized spacial score (nSPS) is 11.1. The molecule has 9 rings (SSSR count). The number of para-hydroxylation sites is 2. The average molecular weight is 695 g/mol. The molecule has 0 aliphatic carbocycles. The summed E-state index contributed by atoms with van der Waals surface area (Å²) in [5, 5.41) is 0. The summed E-state index contributed by atoms with van der Waals surface area (Å²) < 4.78 is 6.35. The van der Waals surface area contributed by atoms with Crippen LogP contribution in [0.15, 0.2) is 199 Å². The molecule has 0 radical (unpaired) electrons. The van der Waals surface area contributed by atoms with Crippen molar-refractivity contribution in [2.24, 2.45) is 0 Å². The van der Waals surface area contributed by atoms with Gasteiger partial charge in [-0.05, 0) is 125 Å². The average Bonchev–Trinajstić information content (AvgIpc) is 3.67. The molecule has 258 valence electrons. The Kier molecular flexibility index (Phi) is 8.66. The van der Waals surface area contributed by atoms with Gasteiger partial charge in [-0.3, -0.25) is 0 Å². The van der Waals surface area contributed by atoms with Gasteiger partial charge >= 0.3 is 0 Å². The molecule has 9 aromatic rings. The number of anilines is 3. The van der Waals surface area contributed by atoms with E-state index < -0.39 is 0 Å². The third-order valence-corrected chi connectivity index (χ3v) is 10.1. The van der Waals surface area contributed by atoms with Crippen molar-refractivity contribution >= 4 is 28.2 Å². The minimum atomic E-state index is 0.620. The summed E-state index contributed by atoms with van der Waals surface area (Å²) in [6, 6.07) is 68.7. The van der Waals surface area contributed by atoms with E-state index in [4.69, 9.17) is 9.40 Å². The SMILES string of the molecule is Cc1ccc(C)c(-c2ccc3nc(-c4ccc(-c5ccccc5-c5ccccc5-c5ccc(N(c6ccccc6)c6ccccc6)cc5)cc4)oc3c2)c1. The molecule has 54 heavy (non-hydrogen) atoms. The van der Waals surface area contributed by atoms with Gasteiger partial charge in [0.15, 0.2) is 5.58 Å². The van der Waals surface area contributed by atoms with Crippen molar-refractivity contribution in [3.8, 4) is 56.0 Å². The van der Waals surface area contributed by atoms with Gasteiger partial charge in [0.25, 0.3) is 0 Å². The van der Waals surface area contributed by atoms with Crippen molar-refractivity contribution in [2.45, 2.75) is 13.8 Å². The van der Waals surface area contributed by atoms with Crippen molar-refractivity contribution in [1.82, 2.24) is 4.98 Å². The molecule has 0 aliphatic heterocycles. The van der Waals surface area contributed by atoms with Crippen LogP contribution in [0.3, 0.4) is 0 Å². The van der Waals surface area contributed by atoms with Crippen molar-refractivity contribution in [1.29, 1.82) is 0 Å². The van der Waals surface area contributed by atoms with Crippen molar-refractivity contribution < 1.29 is 4.42 Å². The Morgan fingerprint density at radius 3 is 1.46 bits per heavy atom. The molecule has 0 saturated carbocycles. The van der Waals surface area contributed by atoms with Crippen molar-refractivity contribution in [2.75, 3.05) is 4.90 Å². The zero-order valence-corrected chi connectivity index (χ0v) is 30.3. The Balaban J connectivity index is 1.02. The van der Waals surface area contributed by atoms with Crippen LogP contribution in [0.4, 0.5) is 17.1 Å². The van der Waals surface area contributed by atoms with E-state index >= 15 is 0 Å². The monoisotopic (exact) mass is 694 g/mol. The Labute approximate surface area is 316 Å². The van der Waals surface area contributed by atoms with Gasteiger partial charge in [-0.25, -0.2) is 4.98 Å². The molecule has 0 bridgehead atoms. The summed E-state index contributed by atoms with van der Waals surface area (Å²) in [6.45, 7) is 4.27. The lowest BCUT2D eigenvalue weighted by Crippen LogP contribution is -2.09. The Bertz CT molecular complexity index is 2670. The molecule has 0 saturated heterocycles. The molecule has 0 spiro atoms. The molecule has 3 heteroatoms. The van der Waals surface area contributed by atoms with E-state index in [0.29, 0.717) is 5.89 Å². The number of rotatable bonds is 8. The Morgan fingerprint density at radius 1 is 0.389 bits per heavy atom. The van der Waals surface area contributed by atoms with Gasteiger partial charge < -0.3 is 9.32 Å². The molecule has 3 nitrogen and oxygen atoms in total. The fourth-order valence-electron chi connectivity index (χ4n) is 7.39. The fraction of sp³-hybridized carbons (Fsp3) is 0.0392. The molecule has 0 N–H and O–H groups in total. The van der Waals surface area contributed by atoms with Crippen LogP contribution >= 0.6 is 0 Å². The number of oxazole rings is 1. The number of nitrogens with zero attached hydrogens (tertiary/aromatic N) is 2. The van der Waals surface area contributed by atoms with E-state index in [1.165, 1.54) is 38.9 Å². The fourth-order valence-corrected chi connectivity index (χ4v) is 7.39. The molecule has 1 aromatic heterocycles. The lowest BCUT2D eigenvalue weighted by molar-refractivity contribution is 0.620. The molecule has 1 heterocycles. The molecule has 8 aromatic carbocycles. The standard InChI is InChI=1S/C51H38N2O/c1-35-21-22-36(2)48(33-35)40-29-32-49-50(34-40)54-51(52-49)39-25-23-37(24-26-39)44-17-9-11-19-46(44)47-20-12-10-18-45(47)38-27-30-43(31-28-38)53(41-13-5-3-6-14-41)42-15-7-4-8-16-42/h3-34H,1-2H3. The summed E-state index contributed by atoms with van der Waals surface area (Å²) in [7, 11) is 0. The van der Waals surface area contributed by atoms with Crippen molar-refractivity contribution in [3.05, 3.63) is 205 Å². The highest BCUT2D eigenvalue weighted by Gasteiger charge is 2.16. The van der Waals surface area contributed by atoms with Gasteiger partial charge in [-0.15, -0.1) is 0 Å². The van der Waals surface area contributed by atoms with E-state index in [2.05, 4.69) is 213 Å². The Morgan fingerprint density at radius 2 is 0.870 bits per heavy atom. The summed E-state index contributed by atoms with van der Waals surface area (Å²) >= 11 is 0. The van der Waals surface area contributed by atoms with E-state index in [9.17, 15) is 0 Å². The first-order valence-electron chi connectivity index (χ1n) is 18.4. The molecule has 0 aliphatic rings. The summed E-state index contributed by atoms with van der Waals surface area (Å²) in [5.41, 5.74) is 17.8. The highest BCUT2D eigenvalue weighted by atomic mass is 16.3. The first-order valence-corrected chi connectivity index (χ1v) is 18.4. The molecular weight excluding hydrogens is 657 g/mol. The van der Waals surface area contributed by atoms with Crippen LogP contribution in [-0.2, 0) is 0 Å². The minimum Gasteiger partial charge on any atom is -0.436 e. The number of aryl methyl sites for hydroxylation is 2. The van der Waals surface area contributed by atoms with E-state index in [0.717, 1.165) is 50.4 Å². The second-order valence-corrected chi connectivity index (χ2v) is 13.7. The Hall–Kier alpha value is -6.97. The molecule has 0 unspecified atom stereocenters. The zero-order valence-electron chi connectivity index (χ0n) is 30.3. The van der Waals surface area contributed by atoms with Gasteiger partial charge in [-0.1, -0.05) is 139 Å². The van der Waals surface area contributed by atoms with Crippen LogP contribution < -0.4 is 4.90 Å². The maximum Gasteiger partial charge on any atom is 0.227 e. The molecular formula is C51H38N2O. The van der Waals surface area contributed by atoms with E-state index in [-0.39, 0.29) is 0 Å². The smallest absolute Gasteiger partial charge is 0.227 e. The highest BCUT2D eigenvalue weighted by Crippen LogP contribution is 2.41. The van der Waals surface area contributed by atoms with Gasteiger partial charge in [0, 0.05) is 22.6 Å². The van der Waals surface area contributed by atoms with Crippen LogP contribution in [0.2, 0.25) is 0 Å².